The summed E-state index contributed by atoms with van der Waals surface area (Å²) in [7, 11) is 0. The van der Waals surface area contributed by atoms with Crippen molar-refractivity contribution in [2.45, 2.75) is 18.8 Å². The summed E-state index contributed by atoms with van der Waals surface area (Å²) >= 11 is 11.9. The Morgan fingerprint density at radius 1 is 1.07 bits per heavy atom. The summed E-state index contributed by atoms with van der Waals surface area (Å²) in [6, 6.07) is 14.6. The number of hydrogen-bond donors (Lipinski definition) is 1. The van der Waals surface area contributed by atoms with Crippen LogP contribution in [0.1, 0.15) is 24.7 Å². The van der Waals surface area contributed by atoms with E-state index in [4.69, 9.17) is 27.7 Å². The maximum atomic E-state index is 12.5. The molecule has 1 fully saturated rings. The molecular weight excluding hydrogens is 399 g/mol. The van der Waals surface area contributed by atoms with Gasteiger partial charge in [-0.1, -0.05) is 58.7 Å². The van der Waals surface area contributed by atoms with Crippen LogP contribution in [0, 0.1) is 0 Å². The second kappa shape index (κ2) is 8.20. The molecule has 1 aromatic heterocycles. The molecule has 0 aliphatic carbocycles. The van der Waals surface area contributed by atoms with Gasteiger partial charge in [0.15, 0.2) is 0 Å². The highest BCUT2D eigenvalue weighted by Crippen LogP contribution is 2.29. The van der Waals surface area contributed by atoms with Crippen molar-refractivity contribution in [3.8, 4) is 11.4 Å². The summed E-state index contributed by atoms with van der Waals surface area (Å²) in [5.41, 5.74) is 1.54. The van der Waals surface area contributed by atoms with Crippen LogP contribution in [0.2, 0.25) is 10.0 Å². The molecule has 0 atom stereocenters. The number of halogens is 2. The van der Waals surface area contributed by atoms with E-state index in [0.29, 0.717) is 40.5 Å². The highest BCUT2D eigenvalue weighted by Gasteiger charge is 2.27. The van der Waals surface area contributed by atoms with Crippen LogP contribution in [0.15, 0.2) is 53.1 Å². The number of carbonyl (C=O) groups excluding carboxylic acids is 1. The van der Waals surface area contributed by atoms with Crippen LogP contribution in [-0.2, 0) is 0 Å². The summed E-state index contributed by atoms with van der Waals surface area (Å²) < 4.78 is 5.47. The number of nitrogens with one attached hydrogen (secondary N) is 1. The lowest BCUT2D eigenvalue weighted by Gasteiger charge is -2.30. The number of carbonyl (C=O) groups is 1. The number of amides is 2. The van der Waals surface area contributed by atoms with Crippen LogP contribution in [-0.4, -0.2) is 34.2 Å². The Kier molecular flexibility index (Phi) is 5.50. The van der Waals surface area contributed by atoms with Crippen molar-refractivity contribution in [2.24, 2.45) is 0 Å². The zero-order valence-electron chi connectivity index (χ0n) is 14.9. The van der Waals surface area contributed by atoms with Crippen LogP contribution in [0.4, 0.5) is 10.5 Å². The Hall–Kier alpha value is -2.57. The number of anilines is 1. The summed E-state index contributed by atoms with van der Waals surface area (Å²) in [4.78, 5) is 18.8. The molecule has 0 radical (unpaired) electrons. The van der Waals surface area contributed by atoms with E-state index in [-0.39, 0.29) is 11.9 Å². The summed E-state index contributed by atoms with van der Waals surface area (Å²) in [5, 5.41) is 7.80. The van der Waals surface area contributed by atoms with E-state index >= 15 is 0 Å². The van der Waals surface area contributed by atoms with E-state index in [0.717, 1.165) is 18.4 Å². The zero-order valence-corrected chi connectivity index (χ0v) is 16.5. The molecule has 0 bridgehead atoms. The van der Waals surface area contributed by atoms with E-state index in [1.54, 1.807) is 23.1 Å². The first-order valence-corrected chi connectivity index (χ1v) is 9.76. The minimum atomic E-state index is -0.160. The van der Waals surface area contributed by atoms with Crippen molar-refractivity contribution in [1.29, 1.82) is 0 Å². The van der Waals surface area contributed by atoms with Crippen molar-refractivity contribution < 1.29 is 9.32 Å². The number of rotatable bonds is 3. The van der Waals surface area contributed by atoms with Gasteiger partial charge >= 0.3 is 6.03 Å². The van der Waals surface area contributed by atoms with Crippen molar-refractivity contribution in [3.63, 3.8) is 0 Å². The van der Waals surface area contributed by atoms with Gasteiger partial charge in [-0.2, -0.15) is 4.98 Å². The van der Waals surface area contributed by atoms with E-state index < -0.39 is 0 Å². The fraction of sp³-hybridized carbons (Fsp3) is 0.250. The number of nitrogens with zero attached hydrogens (tertiary/aromatic N) is 3. The van der Waals surface area contributed by atoms with Gasteiger partial charge in [0.25, 0.3) is 0 Å². The van der Waals surface area contributed by atoms with Gasteiger partial charge in [-0.3, -0.25) is 0 Å². The largest absolute Gasteiger partial charge is 0.339 e. The number of hydrogen-bond acceptors (Lipinski definition) is 4. The van der Waals surface area contributed by atoms with Crippen molar-refractivity contribution in [2.75, 3.05) is 18.4 Å². The molecule has 28 heavy (non-hydrogen) atoms. The van der Waals surface area contributed by atoms with Gasteiger partial charge in [-0.05, 0) is 31.0 Å². The third-order valence-corrected chi connectivity index (χ3v) is 5.52. The quantitative estimate of drug-likeness (QED) is 0.615. The molecule has 144 valence electrons. The maximum absolute atomic E-state index is 12.5. The molecule has 1 saturated heterocycles. The molecule has 8 heteroatoms. The summed E-state index contributed by atoms with van der Waals surface area (Å²) in [6.45, 7) is 1.22. The fourth-order valence-electron chi connectivity index (χ4n) is 3.21. The highest BCUT2D eigenvalue weighted by molar-refractivity contribution is 6.42. The SMILES string of the molecule is O=C(Nc1ccc(Cl)c(Cl)c1)N1CCC(c2nc(-c3ccccc3)no2)CC1. The molecule has 1 aliphatic heterocycles. The number of likely N-dealkylation sites (tertiary alicyclic amines) is 1. The minimum absolute atomic E-state index is 0.152. The predicted octanol–water partition coefficient (Wildman–Crippen LogP) is 5.45. The Morgan fingerprint density at radius 2 is 1.82 bits per heavy atom. The predicted molar refractivity (Wildman–Crippen MR) is 109 cm³/mol. The lowest BCUT2D eigenvalue weighted by molar-refractivity contribution is 0.187. The topological polar surface area (TPSA) is 71.3 Å². The van der Waals surface area contributed by atoms with Gasteiger partial charge in [0.05, 0.1) is 10.0 Å². The van der Waals surface area contributed by atoms with Crippen LogP contribution >= 0.6 is 23.2 Å². The normalized spacial score (nSPS) is 14.9. The van der Waals surface area contributed by atoms with E-state index in [2.05, 4.69) is 15.5 Å². The van der Waals surface area contributed by atoms with Crippen LogP contribution in [0.3, 0.4) is 0 Å². The molecule has 2 heterocycles. The molecule has 2 aromatic carbocycles. The second-order valence-electron chi connectivity index (χ2n) is 6.64. The molecule has 2 amide bonds. The monoisotopic (exact) mass is 416 g/mol. The van der Waals surface area contributed by atoms with Crippen LogP contribution in [0.25, 0.3) is 11.4 Å². The highest BCUT2D eigenvalue weighted by atomic mass is 35.5. The number of piperidine rings is 1. The number of benzene rings is 2. The first kappa shape index (κ1) is 18.8. The molecule has 4 rings (SSSR count). The van der Waals surface area contributed by atoms with Crippen molar-refractivity contribution >= 4 is 34.9 Å². The number of aromatic nitrogens is 2. The molecule has 1 aliphatic rings. The standard InChI is InChI=1S/C20H18Cl2N4O2/c21-16-7-6-15(12-17(16)22)23-20(27)26-10-8-14(9-11-26)19-24-18(25-28-19)13-4-2-1-3-5-13/h1-7,12,14H,8-11H2,(H,23,27). The smallest absolute Gasteiger partial charge is 0.321 e. The first-order valence-electron chi connectivity index (χ1n) is 9.00. The third kappa shape index (κ3) is 4.13. The maximum Gasteiger partial charge on any atom is 0.321 e. The average molecular weight is 417 g/mol. The lowest BCUT2D eigenvalue weighted by atomic mass is 9.97. The summed E-state index contributed by atoms with van der Waals surface area (Å²) in [6.07, 6.45) is 1.54. The molecule has 1 N–H and O–H groups in total. The lowest BCUT2D eigenvalue weighted by Crippen LogP contribution is -2.40. The van der Waals surface area contributed by atoms with E-state index in [1.165, 1.54) is 0 Å². The van der Waals surface area contributed by atoms with Gasteiger partial charge in [0, 0.05) is 30.3 Å². The second-order valence-corrected chi connectivity index (χ2v) is 7.46. The van der Waals surface area contributed by atoms with Gasteiger partial charge in [-0.25, -0.2) is 4.79 Å². The van der Waals surface area contributed by atoms with Gasteiger partial charge in [-0.15, -0.1) is 0 Å². The van der Waals surface area contributed by atoms with Crippen LogP contribution in [0.5, 0.6) is 0 Å². The Morgan fingerprint density at radius 3 is 2.54 bits per heavy atom. The van der Waals surface area contributed by atoms with Gasteiger partial charge in [0.1, 0.15) is 0 Å². The molecule has 6 nitrogen and oxygen atoms in total. The van der Waals surface area contributed by atoms with E-state index in [1.807, 2.05) is 30.3 Å². The molecule has 0 unspecified atom stereocenters. The average Bonchev–Trinajstić information content (AvgIpc) is 3.22. The van der Waals surface area contributed by atoms with E-state index in [9.17, 15) is 4.79 Å². The Labute approximate surface area is 172 Å². The molecule has 3 aromatic rings. The fourth-order valence-corrected chi connectivity index (χ4v) is 3.51. The van der Waals surface area contributed by atoms with Crippen molar-refractivity contribution in [3.05, 3.63) is 64.5 Å². The Bertz CT molecular complexity index is 969. The minimum Gasteiger partial charge on any atom is -0.339 e. The number of urea groups is 1. The molecule has 0 spiro atoms. The molecular formula is C20H18Cl2N4O2. The molecule has 0 saturated carbocycles. The Balaban J connectivity index is 1.35. The zero-order chi connectivity index (χ0) is 19.5. The summed E-state index contributed by atoms with van der Waals surface area (Å²) in [5.74, 6) is 1.37. The van der Waals surface area contributed by atoms with Gasteiger partial charge in [0.2, 0.25) is 11.7 Å². The van der Waals surface area contributed by atoms with Crippen molar-refractivity contribution in [1.82, 2.24) is 15.0 Å². The van der Waals surface area contributed by atoms with Crippen LogP contribution < -0.4 is 5.32 Å². The first-order chi connectivity index (χ1) is 13.6. The third-order valence-electron chi connectivity index (χ3n) is 4.78. The van der Waals surface area contributed by atoms with Gasteiger partial charge < -0.3 is 14.7 Å².